The van der Waals surface area contributed by atoms with Gasteiger partial charge in [-0.25, -0.2) is 0 Å². The molecule has 2 rings (SSSR count). The Morgan fingerprint density at radius 3 is 2.55 bits per heavy atom. The third-order valence-corrected chi connectivity index (χ3v) is 3.38. The molecule has 0 atom stereocenters. The Bertz CT molecular complexity index is 579. The Kier molecular flexibility index (Phi) is 5.19. The number of aromatic amines is 1. The maximum atomic E-state index is 12.4. The molecule has 2 heterocycles. The zero-order valence-electron chi connectivity index (χ0n) is 11.8. The molecule has 0 unspecified atom stereocenters. The molecule has 1 aromatic heterocycles. The van der Waals surface area contributed by atoms with Crippen molar-refractivity contribution >= 4 is 5.91 Å². The second-order valence-corrected chi connectivity index (χ2v) is 4.96. The van der Waals surface area contributed by atoms with Crippen LogP contribution >= 0.6 is 0 Å². The van der Waals surface area contributed by atoms with Crippen LogP contribution in [0.25, 0.3) is 0 Å². The van der Waals surface area contributed by atoms with Crippen LogP contribution in [0.1, 0.15) is 16.1 Å². The van der Waals surface area contributed by atoms with E-state index in [9.17, 15) is 22.8 Å². The highest BCUT2D eigenvalue weighted by molar-refractivity contribution is 5.93. The predicted octanol–water partition coefficient (Wildman–Crippen LogP) is 0.0287. The molecule has 0 radical (unpaired) electrons. The normalized spacial score (nSPS) is 16.5. The van der Waals surface area contributed by atoms with E-state index in [0.29, 0.717) is 19.2 Å². The Balaban J connectivity index is 1.91. The maximum Gasteiger partial charge on any atom is 0.431 e. The minimum absolute atomic E-state index is 0.326. The average molecular weight is 318 g/mol. The molecule has 1 aliphatic heterocycles. The second-order valence-electron chi connectivity index (χ2n) is 4.96. The van der Waals surface area contributed by atoms with Gasteiger partial charge in [-0.3, -0.25) is 14.5 Å². The van der Waals surface area contributed by atoms with E-state index in [1.54, 1.807) is 4.98 Å². The topological polar surface area (TPSA) is 77.2 Å². The first kappa shape index (κ1) is 16.5. The first-order chi connectivity index (χ1) is 10.4. The third kappa shape index (κ3) is 4.31. The van der Waals surface area contributed by atoms with Crippen LogP contribution < -0.4 is 16.2 Å². The molecule has 1 saturated heterocycles. The predicted molar refractivity (Wildman–Crippen MR) is 73.7 cm³/mol. The molecule has 122 valence electrons. The summed E-state index contributed by atoms with van der Waals surface area (Å²) in [5.74, 6) is -0.676. The zero-order valence-corrected chi connectivity index (χ0v) is 11.8. The largest absolute Gasteiger partial charge is 0.431 e. The molecule has 1 aliphatic rings. The Morgan fingerprint density at radius 1 is 1.27 bits per heavy atom. The number of pyridine rings is 1. The molecular formula is C13H17F3N4O2. The van der Waals surface area contributed by atoms with Crippen LogP contribution in [0, 0.1) is 0 Å². The fourth-order valence-corrected chi connectivity index (χ4v) is 2.18. The second kappa shape index (κ2) is 6.93. The van der Waals surface area contributed by atoms with Crippen LogP contribution in [0.3, 0.4) is 0 Å². The van der Waals surface area contributed by atoms with Crippen molar-refractivity contribution in [1.29, 1.82) is 0 Å². The van der Waals surface area contributed by atoms with E-state index >= 15 is 0 Å². The van der Waals surface area contributed by atoms with Crippen molar-refractivity contribution in [3.05, 3.63) is 33.7 Å². The standard InChI is InChI=1S/C13H17F3N4O2/c14-13(15,16)10-2-1-9(12(22)19-10)11(21)18-5-8-20-6-3-17-4-7-20/h1-2,17H,3-8H2,(H,18,21)(H,19,22). The van der Waals surface area contributed by atoms with E-state index in [-0.39, 0.29) is 5.56 Å². The van der Waals surface area contributed by atoms with Gasteiger partial charge in [-0.1, -0.05) is 0 Å². The molecule has 0 spiro atoms. The zero-order chi connectivity index (χ0) is 16.2. The van der Waals surface area contributed by atoms with E-state index < -0.39 is 23.3 Å². The van der Waals surface area contributed by atoms with Gasteiger partial charge in [0.05, 0.1) is 0 Å². The number of H-pyrrole nitrogens is 1. The number of halogens is 3. The molecular weight excluding hydrogens is 301 g/mol. The van der Waals surface area contributed by atoms with Crippen LogP contribution in [0.5, 0.6) is 0 Å². The lowest BCUT2D eigenvalue weighted by Crippen LogP contribution is -2.46. The van der Waals surface area contributed by atoms with E-state index in [1.807, 2.05) is 0 Å². The average Bonchev–Trinajstić information content (AvgIpc) is 2.47. The van der Waals surface area contributed by atoms with Crippen molar-refractivity contribution in [3.8, 4) is 0 Å². The van der Waals surface area contributed by atoms with Crippen LogP contribution in [-0.4, -0.2) is 55.1 Å². The highest BCUT2D eigenvalue weighted by Crippen LogP contribution is 2.26. The fraction of sp³-hybridized carbons (Fsp3) is 0.538. The molecule has 9 heteroatoms. The van der Waals surface area contributed by atoms with Crippen LogP contribution in [-0.2, 0) is 6.18 Å². The summed E-state index contributed by atoms with van der Waals surface area (Å²) in [6, 6.07) is 1.58. The molecule has 3 N–H and O–H groups in total. The third-order valence-electron chi connectivity index (χ3n) is 3.38. The Hall–Kier alpha value is -1.87. The Morgan fingerprint density at radius 2 is 1.95 bits per heavy atom. The summed E-state index contributed by atoms with van der Waals surface area (Å²) in [5.41, 5.74) is -2.54. The highest BCUT2D eigenvalue weighted by Gasteiger charge is 2.32. The van der Waals surface area contributed by atoms with Crippen molar-refractivity contribution in [2.24, 2.45) is 0 Å². The summed E-state index contributed by atoms with van der Waals surface area (Å²) in [5, 5.41) is 5.74. The molecule has 1 aromatic rings. The SMILES string of the molecule is O=C(NCCN1CCNCC1)c1ccc(C(F)(F)F)[nH]c1=O. The molecule has 0 saturated carbocycles. The molecule has 1 amide bonds. The maximum absolute atomic E-state index is 12.4. The number of aromatic nitrogens is 1. The number of alkyl halides is 3. The van der Waals surface area contributed by atoms with Crippen LogP contribution in [0.15, 0.2) is 16.9 Å². The monoisotopic (exact) mass is 318 g/mol. The summed E-state index contributed by atoms with van der Waals surface area (Å²) in [6.07, 6.45) is -4.64. The summed E-state index contributed by atoms with van der Waals surface area (Å²) >= 11 is 0. The number of nitrogens with one attached hydrogen (secondary N) is 3. The number of carbonyl (C=O) groups is 1. The molecule has 22 heavy (non-hydrogen) atoms. The number of hydrogen-bond acceptors (Lipinski definition) is 4. The van der Waals surface area contributed by atoms with Gasteiger partial charge < -0.3 is 15.6 Å². The number of piperazine rings is 1. The van der Waals surface area contributed by atoms with E-state index in [0.717, 1.165) is 32.2 Å². The Labute approximate surface area is 124 Å². The van der Waals surface area contributed by atoms with Gasteiger partial charge in [-0.15, -0.1) is 0 Å². The molecule has 0 aromatic carbocycles. The molecule has 6 nitrogen and oxygen atoms in total. The number of nitrogens with zero attached hydrogens (tertiary/aromatic N) is 1. The first-order valence-electron chi connectivity index (χ1n) is 6.90. The molecule has 0 aliphatic carbocycles. The summed E-state index contributed by atoms with van der Waals surface area (Å²) in [4.78, 5) is 27.2. The van der Waals surface area contributed by atoms with Gasteiger partial charge in [0.15, 0.2) is 0 Å². The van der Waals surface area contributed by atoms with Crippen molar-refractivity contribution < 1.29 is 18.0 Å². The molecule has 0 bridgehead atoms. The summed E-state index contributed by atoms with van der Waals surface area (Å²) in [6.45, 7) is 4.47. The first-order valence-corrected chi connectivity index (χ1v) is 6.90. The lowest BCUT2D eigenvalue weighted by molar-refractivity contribution is -0.141. The summed E-state index contributed by atoms with van der Waals surface area (Å²) in [7, 11) is 0. The summed E-state index contributed by atoms with van der Waals surface area (Å²) < 4.78 is 37.3. The quantitative estimate of drug-likeness (QED) is 0.732. The van der Waals surface area contributed by atoms with Gasteiger partial charge in [0.2, 0.25) is 0 Å². The van der Waals surface area contributed by atoms with Crippen molar-refractivity contribution in [2.45, 2.75) is 6.18 Å². The van der Waals surface area contributed by atoms with E-state index in [4.69, 9.17) is 0 Å². The molecule has 1 fully saturated rings. The lowest BCUT2D eigenvalue weighted by Gasteiger charge is -2.27. The van der Waals surface area contributed by atoms with Gasteiger partial charge in [0, 0.05) is 39.3 Å². The van der Waals surface area contributed by atoms with Crippen molar-refractivity contribution in [1.82, 2.24) is 20.5 Å². The van der Waals surface area contributed by atoms with Crippen molar-refractivity contribution in [3.63, 3.8) is 0 Å². The number of rotatable bonds is 4. The van der Waals surface area contributed by atoms with Gasteiger partial charge in [0.1, 0.15) is 11.3 Å². The minimum atomic E-state index is -4.64. The number of carbonyl (C=O) groups excluding carboxylic acids is 1. The number of hydrogen-bond donors (Lipinski definition) is 3. The van der Waals surface area contributed by atoms with Gasteiger partial charge in [-0.05, 0) is 12.1 Å². The number of amides is 1. The fourth-order valence-electron chi connectivity index (χ4n) is 2.18. The van der Waals surface area contributed by atoms with Crippen molar-refractivity contribution in [2.75, 3.05) is 39.3 Å². The van der Waals surface area contributed by atoms with E-state index in [2.05, 4.69) is 15.5 Å². The highest BCUT2D eigenvalue weighted by atomic mass is 19.4. The van der Waals surface area contributed by atoms with Gasteiger partial charge in [0.25, 0.3) is 11.5 Å². The van der Waals surface area contributed by atoms with Gasteiger partial charge >= 0.3 is 6.18 Å². The van der Waals surface area contributed by atoms with Crippen LogP contribution in [0.4, 0.5) is 13.2 Å². The van der Waals surface area contributed by atoms with E-state index in [1.165, 1.54) is 0 Å². The van der Waals surface area contributed by atoms with Gasteiger partial charge in [-0.2, -0.15) is 13.2 Å². The lowest BCUT2D eigenvalue weighted by atomic mass is 10.2. The smallest absolute Gasteiger partial charge is 0.351 e. The minimum Gasteiger partial charge on any atom is -0.351 e. The van der Waals surface area contributed by atoms with Crippen LogP contribution in [0.2, 0.25) is 0 Å².